The fourth-order valence-corrected chi connectivity index (χ4v) is 3.33. The molecule has 2 N–H and O–H groups in total. The Hall–Kier alpha value is -2.51. The first kappa shape index (κ1) is 19.3. The van der Waals surface area contributed by atoms with Gasteiger partial charge in [0, 0.05) is 10.7 Å². The Balaban J connectivity index is 1.65. The molecule has 1 amide bonds. The second kappa shape index (κ2) is 8.92. The van der Waals surface area contributed by atoms with Gasteiger partial charge in [-0.25, -0.2) is 4.98 Å². The van der Waals surface area contributed by atoms with Crippen LogP contribution in [0.5, 0.6) is 5.75 Å². The normalized spacial score (nSPS) is 10.6. The molecule has 0 unspecified atom stereocenters. The minimum Gasteiger partial charge on any atom is -0.496 e. The number of H-pyrrole nitrogens is 1. The third kappa shape index (κ3) is 4.81. The molecule has 8 heteroatoms. The van der Waals surface area contributed by atoms with Crippen LogP contribution in [0.15, 0.2) is 47.6 Å². The Labute approximate surface area is 166 Å². The predicted octanol–water partition coefficient (Wildman–Crippen LogP) is 4.43. The van der Waals surface area contributed by atoms with Crippen molar-refractivity contribution >= 4 is 35.0 Å². The van der Waals surface area contributed by atoms with Crippen LogP contribution in [-0.4, -0.2) is 34.0 Å². The molecular formula is C19H19ClN4O2S. The number of para-hydroxylation sites is 1. The largest absolute Gasteiger partial charge is 0.496 e. The summed E-state index contributed by atoms with van der Waals surface area (Å²) in [7, 11) is 1.58. The van der Waals surface area contributed by atoms with Gasteiger partial charge in [0.05, 0.1) is 18.4 Å². The molecule has 27 heavy (non-hydrogen) atoms. The fraction of sp³-hybridized carbons (Fsp3) is 0.211. The number of aryl methyl sites for hydroxylation is 1. The number of nitrogens with one attached hydrogen (secondary N) is 2. The third-order valence-corrected chi connectivity index (χ3v) is 4.97. The van der Waals surface area contributed by atoms with Gasteiger partial charge in [0.2, 0.25) is 11.1 Å². The van der Waals surface area contributed by atoms with Crippen molar-refractivity contribution in [2.24, 2.45) is 0 Å². The van der Waals surface area contributed by atoms with Crippen LogP contribution >= 0.6 is 23.4 Å². The number of hydrogen-bond acceptors (Lipinski definition) is 5. The van der Waals surface area contributed by atoms with Gasteiger partial charge in [-0.05, 0) is 36.2 Å². The lowest BCUT2D eigenvalue weighted by Crippen LogP contribution is -2.15. The van der Waals surface area contributed by atoms with Crippen molar-refractivity contribution in [1.29, 1.82) is 0 Å². The number of halogens is 1. The Kier molecular flexibility index (Phi) is 6.36. The van der Waals surface area contributed by atoms with Crippen LogP contribution in [0.1, 0.15) is 12.5 Å². The quantitative estimate of drug-likeness (QED) is 0.571. The summed E-state index contributed by atoms with van der Waals surface area (Å²) >= 11 is 7.31. The number of amides is 1. The van der Waals surface area contributed by atoms with Gasteiger partial charge >= 0.3 is 0 Å². The maximum Gasteiger partial charge on any atom is 0.234 e. The molecule has 3 aromatic rings. The Morgan fingerprint density at radius 1 is 1.30 bits per heavy atom. The molecule has 0 aliphatic rings. The van der Waals surface area contributed by atoms with Crippen LogP contribution in [0.2, 0.25) is 5.02 Å². The van der Waals surface area contributed by atoms with Crippen molar-refractivity contribution < 1.29 is 9.53 Å². The smallest absolute Gasteiger partial charge is 0.234 e. The van der Waals surface area contributed by atoms with Gasteiger partial charge in [0.15, 0.2) is 5.82 Å². The van der Waals surface area contributed by atoms with Crippen LogP contribution in [-0.2, 0) is 11.2 Å². The zero-order chi connectivity index (χ0) is 19.2. The highest BCUT2D eigenvalue weighted by atomic mass is 35.5. The van der Waals surface area contributed by atoms with Gasteiger partial charge in [0.1, 0.15) is 5.75 Å². The Morgan fingerprint density at radius 2 is 2.11 bits per heavy atom. The van der Waals surface area contributed by atoms with Crippen molar-refractivity contribution in [2.75, 3.05) is 18.2 Å². The molecule has 0 aliphatic heterocycles. The van der Waals surface area contributed by atoms with E-state index in [9.17, 15) is 4.79 Å². The van der Waals surface area contributed by atoms with E-state index in [4.69, 9.17) is 16.3 Å². The van der Waals surface area contributed by atoms with Gasteiger partial charge in [-0.3, -0.25) is 9.89 Å². The van der Waals surface area contributed by atoms with Crippen LogP contribution in [0, 0.1) is 0 Å². The molecule has 140 valence electrons. The summed E-state index contributed by atoms with van der Waals surface area (Å²) < 4.78 is 5.33. The number of rotatable bonds is 7. The molecule has 3 rings (SSSR count). The molecule has 0 saturated carbocycles. The summed E-state index contributed by atoms with van der Waals surface area (Å²) in [5.41, 5.74) is 2.65. The number of aromatic amines is 1. The monoisotopic (exact) mass is 402 g/mol. The molecule has 0 bridgehead atoms. The molecule has 0 spiro atoms. The van der Waals surface area contributed by atoms with E-state index in [1.54, 1.807) is 25.3 Å². The molecular weight excluding hydrogens is 384 g/mol. The maximum absolute atomic E-state index is 12.2. The number of aromatic nitrogens is 3. The molecule has 0 aliphatic carbocycles. The van der Waals surface area contributed by atoms with E-state index in [0.717, 1.165) is 17.7 Å². The summed E-state index contributed by atoms with van der Waals surface area (Å²) in [5, 5.41) is 11.0. The summed E-state index contributed by atoms with van der Waals surface area (Å²) in [4.78, 5) is 16.7. The van der Waals surface area contributed by atoms with Crippen LogP contribution in [0.3, 0.4) is 0 Å². The number of hydrogen-bond donors (Lipinski definition) is 2. The predicted molar refractivity (Wildman–Crippen MR) is 109 cm³/mol. The summed E-state index contributed by atoms with van der Waals surface area (Å²) in [6.07, 6.45) is 0.856. The number of carbonyl (C=O) groups is 1. The number of ether oxygens (including phenoxy) is 1. The summed E-state index contributed by atoms with van der Waals surface area (Å²) in [5.74, 6) is 1.28. The number of anilines is 1. The van der Waals surface area contributed by atoms with Gasteiger partial charge < -0.3 is 10.1 Å². The van der Waals surface area contributed by atoms with E-state index in [-0.39, 0.29) is 11.7 Å². The zero-order valence-corrected chi connectivity index (χ0v) is 16.5. The fourth-order valence-electron chi connectivity index (χ4n) is 2.56. The Morgan fingerprint density at radius 3 is 2.89 bits per heavy atom. The molecule has 0 atom stereocenters. The lowest BCUT2D eigenvalue weighted by Gasteiger charge is -2.08. The second-order valence-electron chi connectivity index (χ2n) is 5.66. The van der Waals surface area contributed by atoms with Crippen LogP contribution in [0.4, 0.5) is 5.69 Å². The number of nitrogens with zero attached hydrogens (tertiary/aromatic N) is 2. The maximum atomic E-state index is 12.2. The van der Waals surface area contributed by atoms with E-state index in [0.29, 0.717) is 27.3 Å². The van der Waals surface area contributed by atoms with Gasteiger partial charge in [-0.1, -0.05) is 48.5 Å². The highest BCUT2D eigenvalue weighted by Crippen LogP contribution is 2.31. The average Bonchev–Trinajstić information content (AvgIpc) is 3.15. The number of benzene rings is 2. The van der Waals surface area contributed by atoms with E-state index >= 15 is 0 Å². The highest BCUT2D eigenvalue weighted by Gasteiger charge is 2.13. The number of methoxy groups -OCH3 is 1. The molecule has 1 heterocycles. The van der Waals surface area contributed by atoms with E-state index in [1.165, 1.54) is 11.8 Å². The first-order chi connectivity index (χ1) is 13.1. The molecule has 0 saturated heterocycles. The van der Waals surface area contributed by atoms with Crippen molar-refractivity contribution in [3.63, 3.8) is 0 Å². The first-order valence-corrected chi connectivity index (χ1v) is 9.74. The second-order valence-corrected chi connectivity index (χ2v) is 7.04. The molecule has 1 aromatic heterocycles. The van der Waals surface area contributed by atoms with Gasteiger partial charge in [0.25, 0.3) is 0 Å². The molecule has 0 fully saturated rings. The van der Waals surface area contributed by atoms with E-state index < -0.39 is 0 Å². The van der Waals surface area contributed by atoms with Crippen LogP contribution in [0.25, 0.3) is 11.4 Å². The molecule has 0 radical (unpaired) electrons. The summed E-state index contributed by atoms with van der Waals surface area (Å²) in [6.45, 7) is 2.05. The summed E-state index contributed by atoms with van der Waals surface area (Å²) in [6, 6.07) is 13.0. The molecule has 2 aromatic carbocycles. The third-order valence-electron chi connectivity index (χ3n) is 3.89. The standard InChI is InChI=1S/C19H19ClN4O2S/c1-3-12-6-4-5-7-15(12)21-17(25)11-27-19-22-18(23-24-19)14-10-13(20)8-9-16(14)26-2/h4-10H,3,11H2,1-2H3,(H,21,25)(H,22,23,24). The van der Waals surface area contributed by atoms with Crippen molar-refractivity contribution in [3.05, 3.63) is 53.1 Å². The van der Waals surface area contributed by atoms with E-state index in [1.807, 2.05) is 24.3 Å². The number of carbonyl (C=O) groups excluding carboxylic acids is 1. The topological polar surface area (TPSA) is 79.9 Å². The minimum atomic E-state index is -0.104. The Bertz CT molecular complexity index is 945. The zero-order valence-electron chi connectivity index (χ0n) is 15.0. The molecule has 6 nitrogen and oxygen atoms in total. The van der Waals surface area contributed by atoms with E-state index in [2.05, 4.69) is 27.4 Å². The SMILES string of the molecule is CCc1ccccc1NC(=O)CSc1n[nH]c(-c2cc(Cl)ccc2OC)n1. The van der Waals surface area contributed by atoms with Gasteiger partial charge in [-0.2, -0.15) is 0 Å². The minimum absolute atomic E-state index is 0.104. The van der Waals surface area contributed by atoms with Gasteiger partial charge in [-0.15, -0.1) is 5.10 Å². The van der Waals surface area contributed by atoms with Crippen molar-refractivity contribution in [2.45, 2.75) is 18.5 Å². The average molecular weight is 403 g/mol. The lowest BCUT2D eigenvalue weighted by molar-refractivity contribution is -0.113. The van der Waals surface area contributed by atoms with Crippen molar-refractivity contribution in [1.82, 2.24) is 15.2 Å². The highest BCUT2D eigenvalue weighted by molar-refractivity contribution is 7.99. The van der Waals surface area contributed by atoms with Crippen molar-refractivity contribution in [3.8, 4) is 17.1 Å². The number of thioether (sulfide) groups is 1. The lowest BCUT2D eigenvalue weighted by atomic mass is 10.1. The first-order valence-electron chi connectivity index (χ1n) is 8.37. The van der Waals surface area contributed by atoms with Crippen LogP contribution < -0.4 is 10.1 Å².